The number of nitrogens with one attached hydrogen (secondary N) is 1. The van der Waals surface area contributed by atoms with Crippen LogP contribution in [0.2, 0.25) is 0 Å². The largest absolute Gasteiger partial charge is 0.394 e. The zero-order chi connectivity index (χ0) is 49.2. The Morgan fingerprint density at radius 2 is 0.574 bits per heavy atom. The highest BCUT2D eigenvalue weighted by Crippen LogP contribution is 2.19. The van der Waals surface area contributed by atoms with Crippen molar-refractivity contribution in [3.63, 3.8) is 0 Å². The van der Waals surface area contributed by atoms with Crippen molar-refractivity contribution in [2.45, 2.75) is 373 Å². The van der Waals surface area contributed by atoms with E-state index in [1.165, 1.54) is 308 Å². The molecular weight excluding hydrogens is 831 g/mol. The number of carbonyl (C=O) groups excluding carboxylic acids is 1. The number of hydrogen-bond donors (Lipinski definition) is 3. The van der Waals surface area contributed by atoms with Crippen molar-refractivity contribution in [3.05, 3.63) is 24.3 Å². The molecule has 404 valence electrons. The number of hydrogen-bond acceptors (Lipinski definition) is 3. The van der Waals surface area contributed by atoms with E-state index in [9.17, 15) is 15.0 Å². The van der Waals surface area contributed by atoms with E-state index >= 15 is 0 Å². The molecule has 0 aromatic rings. The van der Waals surface area contributed by atoms with Gasteiger partial charge in [0.1, 0.15) is 0 Å². The third-order valence-corrected chi connectivity index (χ3v) is 14.9. The lowest BCUT2D eigenvalue weighted by molar-refractivity contribution is -0.123. The number of aliphatic hydroxyl groups excluding tert-OH is 2. The van der Waals surface area contributed by atoms with Crippen molar-refractivity contribution in [1.29, 1.82) is 0 Å². The first-order chi connectivity index (χ1) is 33.7. The molecule has 0 saturated heterocycles. The molecule has 0 aliphatic rings. The van der Waals surface area contributed by atoms with Gasteiger partial charge in [-0.15, -0.1) is 0 Å². The van der Waals surface area contributed by atoms with Crippen molar-refractivity contribution in [2.75, 3.05) is 6.61 Å². The minimum atomic E-state index is -0.861. The summed E-state index contributed by atoms with van der Waals surface area (Å²) < 4.78 is 0. The SMILES string of the molecule is CCCCCCCCCCCCCCCCCCCCCCCCCCC/C=C/CC/C=C/C(O)C(CO)NC(=O)CCCCCCCCCCCCCCCCCCCCCCCCCCC. The van der Waals surface area contributed by atoms with Crippen LogP contribution in [0.5, 0.6) is 0 Å². The van der Waals surface area contributed by atoms with Crippen LogP contribution in [0, 0.1) is 0 Å². The number of unbranched alkanes of at least 4 members (excludes halogenated alkanes) is 50. The first-order valence-electron chi connectivity index (χ1n) is 31.6. The smallest absolute Gasteiger partial charge is 0.220 e. The molecule has 0 radical (unpaired) electrons. The van der Waals surface area contributed by atoms with Crippen LogP contribution >= 0.6 is 0 Å². The van der Waals surface area contributed by atoms with Crippen LogP contribution in [0.4, 0.5) is 0 Å². The summed E-state index contributed by atoms with van der Waals surface area (Å²) in [6.07, 6.45) is 81.0. The predicted octanol–water partition coefficient (Wildman–Crippen LogP) is 21.0. The van der Waals surface area contributed by atoms with Crippen LogP contribution in [0.1, 0.15) is 361 Å². The van der Waals surface area contributed by atoms with Gasteiger partial charge in [0, 0.05) is 6.42 Å². The van der Waals surface area contributed by atoms with Crippen LogP contribution in [0.25, 0.3) is 0 Å². The lowest BCUT2D eigenvalue weighted by Crippen LogP contribution is -2.45. The molecular formula is C64H125NO3. The predicted molar refractivity (Wildman–Crippen MR) is 304 cm³/mol. The van der Waals surface area contributed by atoms with E-state index in [0.717, 1.165) is 32.1 Å². The van der Waals surface area contributed by atoms with Crippen molar-refractivity contribution >= 4 is 5.91 Å². The lowest BCUT2D eigenvalue weighted by Gasteiger charge is -2.19. The van der Waals surface area contributed by atoms with E-state index in [2.05, 4.69) is 31.3 Å². The minimum Gasteiger partial charge on any atom is -0.394 e. The topological polar surface area (TPSA) is 69.6 Å². The number of carbonyl (C=O) groups is 1. The molecule has 0 rings (SSSR count). The van der Waals surface area contributed by atoms with Gasteiger partial charge in [-0.25, -0.2) is 0 Å². The monoisotopic (exact) mass is 956 g/mol. The van der Waals surface area contributed by atoms with Gasteiger partial charge in [-0.1, -0.05) is 346 Å². The first-order valence-corrected chi connectivity index (χ1v) is 31.6. The van der Waals surface area contributed by atoms with Crippen LogP contribution in [0.15, 0.2) is 24.3 Å². The third kappa shape index (κ3) is 55.8. The third-order valence-electron chi connectivity index (χ3n) is 14.9. The van der Waals surface area contributed by atoms with E-state index in [1.807, 2.05) is 6.08 Å². The van der Waals surface area contributed by atoms with Gasteiger partial charge >= 0.3 is 0 Å². The van der Waals surface area contributed by atoms with E-state index in [0.29, 0.717) is 6.42 Å². The van der Waals surface area contributed by atoms with Gasteiger partial charge in [0.15, 0.2) is 0 Å². The Balaban J connectivity index is 3.46. The second-order valence-electron chi connectivity index (χ2n) is 21.8. The van der Waals surface area contributed by atoms with Gasteiger partial charge in [-0.05, 0) is 32.1 Å². The number of allylic oxidation sites excluding steroid dienone is 3. The molecule has 0 fully saturated rings. The molecule has 0 aliphatic heterocycles. The second kappa shape index (κ2) is 60.2. The fourth-order valence-corrected chi connectivity index (χ4v) is 10.1. The Bertz CT molecular complexity index is 994. The van der Waals surface area contributed by atoms with Crippen molar-refractivity contribution in [2.24, 2.45) is 0 Å². The summed E-state index contributed by atoms with van der Waals surface area (Å²) in [5.74, 6) is -0.0654. The standard InChI is InChI=1S/C64H125NO3/c1-3-5-7-9-11-13-15-17-19-21-23-25-27-29-30-31-32-33-34-36-37-39-41-43-45-47-49-51-53-55-57-59-63(67)62(61-66)65-64(68)60-58-56-54-52-50-48-46-44-42-40-38-35-28-26-24-22-20-18-16-14-12-10-8-6-4-2/h49,51,57,59,62-63,66-67H,3-48,50,52-56,58,60-61H2,1-2H3,(H,65,68)/b51-49+,59-57+. The molecule has 0 aromatic heterocycles. The minimum absolute atomic E-state index is 0.0654. The highest BCUT2D eigenvalue weighted by atomic mass is 16.3. The maximum absolute atomic E-state index is 12.5. The Hall–Kier alpha value is -1.13. The molecule has 68 heavy (non-hydrogen) atoms. The fraction of sp³-hybridized carbons (Fsp3) is 0.922. The summed E-state index contributed by atoms with van der Waals surface area (Å²) >= 11 is 0. The Morgan fingerprint density at radius 1 is 0.338 bits per heavy atom. The summed E-state index contributed by atoms with van der Waals surface area (Å²) in [4.78, 5) is 12.5. The van der Waals surface area contributed by atoms with E-state index in [4.69, 9.17) is 0 Å². The van der Waals surface area contributed by atoms with Gasteiger partial charge < -0.3 is 15.5 Å². The molecule has 2 unspecified atom stereocenters. The van der Waals surface area contributed by atoms with Gasteiger partial charge in [0.2, 0.25) is 5.91 Å². The van der Waals surface area contributed by atoms with E-state index in [1.54, 1.807) is 6.08 Å². The molecule has 4 heteroatoms. The summed E-state index contributed by atoms with van der Waals surface area (Å²) in [7, 11) is 0. The van der Waals surface area contributed by atoms with Gasteiger partial charge in [0.05, 0.1) is 18.8 Å². The average molecular weight is 957 g/mol. The molecule has 0 aliphatic carbocycles. The van der Waals surface area contributed by atoms with Crippen LogP contribution in [-0.2, 0) is 4.79 Å². The molecule has 2 atom stereocenters. The fourth-order valence-electron chi connectivity index (χ4n) is 10.1. The van der Waals surface area contributed by atoms with E-state index in [-0.39, 0.29) is 12.5 Å². The van der Waals surface area contributed by atoms with Crippen molar-refractivity contribution < 1.29 is 15.0 Å². The van der Waals surface area contributed by atoms with Crippen LogP contribution in [0.3, 0.4) is 0 Å². The molecule has 1 amide bonds. The maximum Gasteiger partial charge on any atom is 0.220 e. The Morgan fingerprint density at radius 3 is 0.853 bits per heavy atom. The number of rotatable bonds is 59. The summed E-state index contributed by atoms with van der Waals surface area (Å²) in [5, 5.41) is 23.2. The molecule has 0 heterocycles. The van der Waals surface area contributed by atoms with Crippen molar-refractivity contribution in [3.8, 4) is 0 Å². The van der Waals surface area contributed by atoms with Gasteiger partial charge in [-0.3, -0.25) is 4.79 Å². The Labute approximate surface area is 428 Å². The quantitative estimate of drug-likeness (QED) is 0.0420. The summed E-state index contributed by atoms with van der Waals surface area (Å²) in [6, 6.07) is -0.637. The highest BCUT2D eigenvalue weighted by Gasteiger charge is 2.18. The normalized spacial score (nSPS) is 12.8. The molecule has 3 N–H and O–H groups in total. The molecule has 0 saturated carbocycles. The zero-order valence-corrected chi connectivity index (χ0v) is 46.7. The zero-order valence-electron chi connectivity index (χ0n) is 46.7. The van der Waals surface area contributed by atoms with E-state index < -0.39 is 12.1 Å². The van der Waals surface area contributed by atoms with Gasteiger partial charge in [-0.2, -0.15) is 0 Å². The van der Waals surface area contributed by atoms with Crippen LogP contribution in [-0.4, -0.2) is 34.9 Å². The molecule has 0 aromatic carbocycles. The number of amides is 1. The summed E-state index contributed by atoms with van der Waals surface area (Å²) in [5.41, 5.74) is 0. The second-order valence-corrected chi connectivity index (χ2v) is 21.8. The highest BCUT2D eigenvalue weighted by molar-refractivity contribution is 5.76. The van der Waals surface area contributed by atoms with Crippen molar-refractivity contribution in [1.82, 2.24) is 5.32 Å². The number of aliphatic hydroxyl groups is 2. The van der Waals surface area contributed by atoms with Crippen LogP contribution < -0.4 is 5.32 Å². The Kier molecular flexibility index (Phi) is 59.2. The summed E-state index contributed by atoms with van der Waals surface area (Å²) in [6.45, 7) is 4.35. The lowest BCUT2D eigenvalue weighted by atomic mass is 10.0. The molecule has 0 spiro atoms. The first kappa shape index (κ1) is 66.9. The maximum atomic E-state index is 12.5. The average Bonchev–Trinajstić information content (AvgIpc) is 3.34. The van der Waals surface area contributed by atoms with Gasteiger partial charge in [0.25, 0.3) is 0 Å². The molecule has 0 bridgehead atoms. The molecule has 4 nitrogen and oxygen atoms in total.